The number of allylic oxidation sites excluding steroid dienone is 5. The van der Waals surface area contributed by atoms with Gasteiger partial charge in [-0.15, -0.1) is 0 Å². The molecule has 0 aromatic rings. The van der Waals surface area contributed by atoms with Gasteiger partial charge < -0.3 is 0 Å². The molecule has 1 saturated carbocycles. The predicted octanol–water partition coefficient (Wildman–Crippen LogP) is 5.15. The molecule has 0 bridgehead atoms. The van der Waals surface area contributed by atoms with E-state index in [1.165, 1.54) is 32.1 Å². The van der Waals surface area contributed by atoms with Gasteiger partial charge in [-0.3, -0.25) is 5.43 Å². The highest BCUT2D eigenvalue weighted by atomic mass is 15.5. The Balaban J connectivity index is 2.36. The molecular weight excluding hydrogens is 268 g/mol. The summed E-state index contributed by atoms with van der Waals surface area (Å²) >= 11 is 0. The first-order chi connectivity index (χ1) is 10.4. The average Bonchev–Trinajstić information content (AvgIpc) is 2.89. The number of hydrogen-bond acceptors (Lipinski definition) is 2. The van der Waals surface area contributed by atoms with E-state index in [1.807, 2.05) is 0 Å². The molecule has 1 unspecified atom stereocenters. The molecule has 124 valence electrons. The minimum absolute atomic E-state index is 0.0564. The fourth-order valence-electron chi connectivity index (χ4n) is 3.57. The van der Waals surface area contributed by atoms with E-state index in [0.29, 0.717) is 6.04 Å². The number of hydrogen-bond donors (Lipinski definition) is 1. The van der Waals surface area contributed by atoms with Gasteiger partial charge in [-0.1, -0.05) is 30.7 Å². The summed E-state index contributed by atoms with van der Waals surface area (Å²) in [6.07, 6.45) is 15.8. The highest BCUT2D eigenvalue weighted by molar-refractivity contribution is 5.41. The maximum atomic E-state index is 3.66. The predicted molar refractivity (Wildman–Crippen MR) is 96.7 cm³/mol. The van der Waals surface area contributed by atoms with Crippen molar-refractivity contribution in [2.75, 3.05) is 7.05 Å². The Morgan fingerprint density at radius 2 is 2.05 bits per heavy atom. The number of rotatable bonds is 3. The van der Waals surface area contributed by atoms with Gasteiger partial charge in [-0.2, -0.15) is 0 Å². The third-order valence-corrected chi connectivity index (χ3v) is 5.14. The minimum atomic E-state index is 0.0564. The Labute approximate surface area is 137 Å². The zero-order chi connectivity index (χ0) is 16.2. The van der Waals surface area contributed by atoms with Crippen LogP contribution in [-0.4, -0.2) is 23.6 Å². The number of nitrogens with one attached hydrogen (secondary N) is 1. The molecule has 1 N–H and O–H groups in total. The highest BCUT2D eigenvalue weighted by Crippen LogP contribution is 2.38. The summed E-state index contributed by atoms with van der Waals surface area (Å²) in [5.74, 6) is 0. The second kappa shape index (κ2) is 7.61. The van der Waals surface area contributed by atoms with Gasteiger partial charge in [0.1, 0.15) is 0 Å². The van der Waals surface area contributed by atoms with Crippen molar-refractivity contribution >= 4 is 0 Å². The first-order valence-electron chi connectivity index (χ1n) is 9.02. The van der Waals surface area contributed by atoms with Crippen LogP contribution in [-0.2, 0) is 0 Å². The smallest absolute Gasteiger partial charge is 0.0479 e. The van der Waals surface area contributed by atoms with Crippen LogP contribution in [0.1, 0.15) is 72.6 Å². The Morgan fingerprint density at radius 1 is 1.27 bits per heavy atom. The molecule has 22 heavy (non-hydrogen) atoms. The topological polar surface area (TPSA) is 15.3 Å². The summed E-state index contributed by atoms with van der Waals surface area (Å²) in [6.45, 7) is 9.15. The standard InChI is InChI=1S/C20H34N2/c1-6-7-8-10-17-14-13-16(2)21-22(5)20(3,4)15-18-11-9-12-19(17)18/h7-8,15-16,21H,6,9-14H2,1-5H3/b8-7?,18-15+,19-17-. The van der Waals surface area contributed by atoms with E-state index in [9.17, 15) is 0 Å². The molecular formula is C20H34N2. The molecule has 2 nitrogen and oxygen atoms in total. The first kappa shape index (κ1) is 17.5. The van der Waals surface area contributed by atoms with E-state index in [0.717, 1.165) is 12.8 Å². The van der Waals surface area contributed by atoms with Crippen molar-refractivity contribution in [3.05, 3.63) is 34.9 Å². The third kappa shape index (κ3) is 4.33. The second-order valence-corrected chi connectivity index (χ2v) is 7.47. The van der Waals surface area contributed by atoms with E-state index in [1.54, 1.807) is 16.7 Å². The summed E-state index contributed by atoms with van der Waals surface area (Å²) in [5, 5.41) is 2.29. The normalized spacial score (nSPS) is 32.8. The number of likely N-dealkylation sites (N-methyl/N-ethyl adjacent to an activating group) is 1. The van der Waals surface area contributed by atoms with Crippen molar-refractivity contribution in [1.29, 1.82) is 0 Å². The summed E-state index contributed by atoms with van der Waals surface area (Å²) in [6, 6.07) is 0.520. The molecule has 2 rings (SSSR count). The SMILES string of the molecule is CCC=CC/C1=C2\CCC\C2=C/C(C)(C)N(C)NC(C)CC1. The van der Waals surface area contributed by atoms with Gasteiger partial charge in [0.05, 0.1) is 0 Å². The lowest BCUT2D eigenvalue weighted by Gasteiger charge is -2.37. The van der Waals surface area contributed by atoms with Gasteiger partial charge in [0, 0.05) is 18.6 Å². The molecule has 0 amide bonds. The highest BCUT2D eigenvalue weighted by Gasteiger charge is 2.27. The fourth-order valence-corrected chi connectivity index (χ4v) is 3.57. The zero-order valence-corrected chi connectivity index (χ0v) is 15.2. The van der Waals surface area contributed by atoms with E-state index >= 15 is 0 Å². The van der Waals surface area contributed by atoms with Crippen LogP contribution in [0.3, 0.4) is 0 Å². The summed E-state index contributed by atoms with van der Waals surface area (Å²) in [4.78, 5) is 0. The maximum absolute atomic E-state index is 3.66. The van der Waals surface area contributed by atoms with Crippen molar-refractivity contribution in [2.45, 2.75) is 84.2 Å². The van der Waals surface area contributed by atoms with Crippen molar-refractivity contribution in [3.63, 3.8) is 0 Å². The van der Waals surface area contributed by atoms with Crippen molar-refractivity contribution in [2.24, 2.45) is 0 Å². The van der Waals surface area contributed by atoms with E-state index in [4.69, 9.17) is 0 Å². The van der Waals surface area contributed by atoms with Gasteiger partial charge in [-0.25, -0.2) is 5.01 Å². The molecule has 0 radical (unpaired) electrons. The fraction of sp³-hybridized carbons (Fsp3) is 0.700. The lowest BCUT2D eigenvalue weighted by atomic mass is 9.90. The van der Waals surface area contributed by atoms with Crippen LogP contribution in [0.2, 0.25) is 0 Å². The van der Waals surface area contributed by atoms with Gasteiger partial charge >= 0.3 is 0 Å². The molecule has 1 atom stereocenters. The molecule has 1 aliphatic heterocycles. The number of hydrazine groups is 1. The number of nitrogens with zero attached hydrogens (tertiary/aromatic N) is 1. The quantitative estimate of drug-likeness (QED) is 0.726. The molecule has 0 aromatic heterocycles. The van der Waals surface area contributed by atoms with Crippen LogP contribution in [0, 0.1) is 0 Å². The van der Waals surface area contributed by atoms with E-state index < -0.39 is 0 Å². The summed E-state index contributed by atoms with van der Waals surface area (Å²) in [5.41, 5.74) is 8.68. The van der Waals surface area contributed by atoms with Crippen LogP contribution in [0.15, 0.2) is 34.9 Å². The summed E-state index contributed by atoms with van der Waals surface area (Å²) in [7, 11) is 2.18. The molecule has 0 spiro atoms. The molecule has 1 fully saturated rings. The average molecular weight is 303 g/mol. The van der Waals surface area contributed by atoms with Crippen molar-refractivity contribution in [3.8, 4) is 0 Å². The Bertz CT molecular complexity index is 468. The van der Waals surface area contributed by atoms with Crippen LogP contribution in [0.25, 0.3) is 0 Å². The molecule has 0 saturated heterocycles. The maximum Gasteiger partial charge on any atom is 0.0479 e. The van der Waals surface area contributed by atoms with Gasteiger partial charge in [-0.05, 0) is 76.9 Å². The van der Waals surface area contributed by atoms with Crippen molar-refractivity contribution in [1.82, 2.24) is 10.4 Å². The summed E-state index contributed by atoms with van der Waals surface area (Å²) < 4.78 is 0. The van der Waals surface area contributed by atoms with Crippen molar-refractivity contribution < 1.29 is 0 Å². The van der Waals surface area contributed by atoms with E-state index in [-0.39, 0.29) is 5.54 Å². The van der Waals surface area contributed by atoms with Crippen LogP contribution in [0.4, 0.5) is 0 Å². The lowest BCUT2D eigenvalue weighted by molar-refractivity contribution is 0.107. The number of fused-ring (bicyclic) bond motifs is 1. The van der Waals surface area contributed by atoms with E-state index in [2.05, 4.69) is 63.4 Å². The van der Waals surface area contributed by atoms with Gasteiger partial charge in [0.25, 0.3) is 0 Å². The van der Waals surface area contributed by atoms with Crippen LogP contribution < -0.4 is 5.43 Å². The molecule has 1 aliphatic carbocycles. The van der Waals surface area contributed by atoms with Crippen LogP contribution in [0.5, 0.6) is 0 Å². The monoisotopic (exact) mass is 302 g/mol. The van der Waals surface area contributed by atoms with Crippen LogP contribution >= 0.6 is 0 Å². The Kier molecular flexibility index (Phi) is 6.05. The minimum Gasteiger partial charge on any atom is -0.252 e. The largest absolute Gasteiger partial charge is 0.252 e. The Morgan fingerprint density at radius 3 is 2.77 bits per heavy atom. The second-order valence-electron chi connectivity index (χ2n) is 7.47. The molecule has 0 aromatic carbocycles. The molecule has 2 aliphatic rings. The first-order valence-corrected chi connectivity index (χ1v) is 9.02. The lowest BCUT2D eigenvalue weighted by Crippen LogP contribution is -2.52. The third-order valence-electron chi connectivity index (χ3n) is 5.14. The zero-order valence-electron chi connectivity index (χ0n) is 15.2. The Hall–Kier alpha value is -0.860. The van der Waals surface area contributed by atoms with Gasteiger partial charge in [0.15, 0.2) is 0 Å². The molecule has 1 heterocycles. The van der Waals surface area contributed by atoms with Gasteiger partial charge in [0.2, 0.25) is 0 Å². The molecule has 2 heteroatoms.